The summed E-state index contributed by atoms with van der Waals surface area (Å²) >= 11 is 6.57. The van der Waals surface area contributed by atoms with Gasteiger partial charge in [-0.25, -0.2) is 0 Å². The highest BCUT2D eigenvalue weighted by molar-refractivity contribution is 9.11. The van der Waals surface area contributed by atoms with Crippen molar-refractivity contribution in [3.8, 4) is 0 Å². The van der Waals surface area contributed by atoms with Gasteiger partial charge in [0.15, 0.2) is 0 Å². The third kappa shape index (κ3) is 4.23. The molecule has 0 saturated carbocycles. The molecule has 2 heterocycles. The SMILES string of the molecule is CC(NC(=O)c1ccc(Br)s1)C(=O)N1CCCSCC1. The van der Waals surface area contributed by atoms with Crippen molar-refractivity contribution in [3.63, 3.8) is 0 Å². The molecule has 1 unspecified atom stereocenters. The van der Waals surface area contributed by atoms with Gasteiger partial charge in [0, 0.05) is 18.8 Å². The van der Waals surface area contributed by atoms with E-state index >= 15 is 0 Å². The zero-order valence-corrected chi connectivity index (χ0v) is 14.4. The molecule has 2 rings (SSSR count). The summed E-state index contributed by atoms with van der Waals surface area (Å²) in [6.07, 6.45) is 1.02. The van der Waals surface area contributed by atoms with Gasteiger partial charge in [-0.15, -0.1) is 11.3 Å². The highest BCUT2D eigenvalue weighted by Gasteiger charge is 2.23. The number of hydrogen-bond donors (Lipinski definition) is 1. The lowest BCUT2D eigenvalue weighted by Gasteiger charge is -2.24. The van der Waals surface area contributed by atoms with Gasteiger partial charge in [0.1, 0.15) is 6.04 Å². The number of hydrogen-bond acceptors (Lipinski definition) is 4. The van der Waals surface area contributed by atoms with Crippen LogP contribution < -0.4 is 5.32 Å². The molecule has 2 amide bonds. The van der Waals surface area contributed by atoms with Gasteiger partial charge in [0.25, 0.3) is 5.91 Å². The van der Waals surface area contributed by atoms with Crippen molar-refractivity contribution >= 4 is 50.8 Å². The van der Waals surface area contributed by atoms with Gasteiger partial charge in [-0.05, 0) is 47.2 Å². The lowest BCUT2D eigenvalue weighted by atomic mass is 10.2. The summed E-state index contributed by atoms with van der Waals surface area (Å²) in [5.41, 5.74) is 0. The van der Waals surface area contributed by atoms with E-state index in [9.17, 15) is 9.59 Å². The number of nitrogens with one attached hydrogen (secondary N) is 1. The molecule has 1 atom stereocenters. The molecule has 20 heavy (non-hydrogen) atoms. The quantitative estimate of drug-likeness (QED) is 0.881. The Morgan fingerprint density at radius 1 is 1.35 bits per heavy atom. The van der Waals surface area contributed by atoms with Gasteiger partial charge >= 0.3 is 0 Å². The molecule has 110 valence electrons. The van der Waals surface area contributed by atoms with Gasteiger partial charge in [-0.1, -0.05) is 0 Å². The third-order valence-electron chi connectivity index (χ3n) is 3.05. The van der Waals surface area contributed by atoms with E-state index in [4.69, 9.17) is 0 Å². The zero-order chi connectivity index (χ0) is 14.5. The molecular weight excluding hydrogens is 360 g/mol. The van der Waals surface area contributed by atoms with Crippen LogP contribution >= 0.6 is 39.0 Å². The summed E-state index contributed by atoms with van der Waals surface area (Å²) in [5, 5.41) is 2.78. The molecule has 7 heteroatoms. The van der Waals surface area contributed by atoms with Crippen LogP contribution in [0.4, 0.5) is 0 Å². The number of thiophene rings is 1. The van der Waals surface area contributed by atoms with Gasteiger partial charge in [0.05, 0.1) is 8.66 Å². The molecule has 1 aromatic heterocycles. The Morgan fingerprint density at radius 3 is 2.85 bits per heavy atom. The summed E-state index contributed by atoms with van der Waals surface area (Å²) in [6.45, 7) is 3.31. The van der Waals surface area contributed by atoms with Crippen LogP contribution in [-0.4, -0.2) is 47.4 Å². The normalized spacial score (nSPS) is 17.4. The second-order valence-electron chi connectivity index (χ2n) is 4.59. The summed E-state index contributed by atoms with van der Waals surface area (Å²) in [4.78, 5) is 26.8. The molecule has 1 saturated heterocycles. The van der Waals surface area contributed by atoms with E-state index in [1.165, 1.54) is 11.3 Å². The van der Waals surface area contributed by atoms with Crippen molar-refractivity contribution < 1.29 is 9.59 Å². The van der Waals surface area contributed by atoms with Crippen LogP contribution in [-0.2, 0) is 4.79 Å². The van der Waals surface area contributed by atoms with Crippen LogP contribution in [0.25, 0.3) is 0 Å². The van der Waals surface area contributed by atoms with Crippen LogP contribution in [0.15, 0.2) is 15.9 Å². The average molecular weight is 377 g/mol. The van der Waals surface area contributed by atoms with Crippen LogP contribution in [0, 0.1) is 0 Å². The Balaban J connectivity index is 1.91. The molecule has 1 N–H and O–H groups in total. The van der Waals surface area contributed by atoms with Crippen LogP contribution in [0.3, 0.4) is 0 Å². The first-order chi connectivity index (χ1) is 9.58. The van der Waals surface area contributed by atoms with E-state index in [0.717, 1.165) is 34.8 Å². The fraction of sp³-hybridized carbons (Fsp3) is 0.538. The highest BCUT2D eigenvalue weighted by atomic mass is 79.9. The van der Waals surface area contributed by atoms with E-state index in [1.54, 1.807) is 13.0 Å². The molecule has 0 radical (unpaired) electrons. The number of nitrogens with zero attached hydrogens (tertiary/aromatic N) is 1. The van der Waals surface area contributed by atoms with E-state index in [-0.39, 0.29) is 11.8 Å². The van der Waals surface area contributed by atoms with E-state index in [2.05, 4.69) is 21.2 Å². The molecule has 0 bridgehead atoms. The molecule has 1 aliphatic rings. The maximum Gasteiger partial charge on any atom is 0.262 e. The number of carbonyl (C=O) groups is 2. The maximum absolute atomic E-state index is 12.3. The second-order valence-corrected chi connectivity index (χ2v) is 8.28. The van der Waals surface area contributed by atoms with Gasteiger partial charge in [0.2, 0.25) is 5.91 Å². The maximum atomic E-state index is 12.3. The standard InChI is InChI=1S/C13H17BrN2O2S2/c1-9(13(18)16-5-2-7-19-8-6-16)15-12(17)10-3-4-11(14)20-10/h3-4,9H,2,5-8H2,1H3,(H,15,17). The molecule has 1 fully saturated rings. The number of carbonyl (C=O) groups excluding carboxylic acids is 2. The minimum Gasteiger partial charge on any atom is -0.340 e. The molecule has 1 aliphatic heterocycles. The number of amides is 2. The second kappa shape index (κ2) is 7.47. The van der Waals surface area contributed by atoms with Crippen molar-refractivity contribution in [2.75, 3.05) is 24.6 Å². The Kier molecular flexibility index (Phi) is 5.92. The largest absolute Gasteiger partial charge is 0.340 e. The van der Waals surface area contributed by atoms with Crippen LogP contribution in [0.2, 0.25) is 0 Å². The van der Waals surface area contributed by atoms with Crippen molar-refractivity contribution in [3.05, 3.63) is 20.8 Å². The molecule has 4 nitrogen and oxygen atoms in total. The van der Waals surface area contributed by atoms with E-state index in [1.807, 2.05) is 22.7 Å². The summed E-state index contributed by atoms with van der Waals surface area (Å²) in [7, 11) is 0. The fourth-order valence-electron chi connectivity index (χ4n) is 2.01. The summed E-state index contributed by atoms with van der Waals surface area (Å²) < 4.78 is 0.908. The van der Waals surface area contributed by atoms with Gasteiger partial charge in [-0.3, -0.25) is 9.59 Å². The lowest BCUT2D eigenvalue weighted by molar-refractivity contribution is -0.132. The Bertz CT molecular complexity index is 484. The van der Waals surface area contributed by atoms with E-state index < -0.39 is 6.04 Å². The number of halogens is 1. The molecular formula is C13H17BrN2O2S2. The zero-order valence-electron chi connectivity index (χ0n) is 11.2. The monoisotopic (exact) mass is 376 g/mol. The smallest absolute Gasteiger partial charge is 0.262 e. The predicted molar refractivity (Wildman–Crippen MR) is 87.5 cm³/mol. The first kappa shape index (κ1) is 15.9. The first-order valence-electron chi connectivity index (χ1n) is 6.50. The Hall–Kier alpha value is -0.530. The van der Waals surface area contributed by atoms with Crippen molar-refractivity contribution in [1.82, 2.24) is 10.2 Å². The number of thioether (sulfide) groups is 1. The molecule has 0 spiro atoms. The lowest BCUT2D eigenvalue weighted by Crippen LogP contribution is -2.47. The molecule has 0 aromatic carbocycles. The predicted octanol–water partition coefficient (Wildman–Crippen LogP) is 2.59. The van der Waals surface area contributed by atoms with Crippen molar-refractivity contribution in [2.24, 2.45) is 0 Å². The first-order valence-corrected chi connectivity index (χ1v) is 9.27. The molecule has 0 aliphatic carbocycles. The van der Waals surface area contributed by atoms with Crippen LogP contribution in [0.5, 0.6) is 0 Å². The minimum atomic E-state index is -0.480. The Labute approximate surface area is 135 Å². The van der Waals surface area contributed by atoms with Gasteiger partial charge < -0.3 is 10.2 Å². The van der Waals surface area contributed by atoms with Crippen LogP contribution in [0.1, 0.15) is 23.0 Å². The highest BCUT2D eigenvalue weighted by Crippen LogP contribution is 2.22. The minimum absolute atomic E-state index is 0.0106. The summed E-state index contributed by atoms with van der Waals surface area (Å²) in [6, 6.07) is 3.11. The molecule has 1 aromatic rings. The average Bonchev–Trinajstić information content (AvgIpc) is 2.70. The third-order valence-corrected chi connectivity index (χ3v) is 5.72. The topological polar surface area (TPSA) is 49.4 Å². The van der Waals surface area contributed by atoms with E-state index in [0.29, 0.717) is 4.88 Å². The fourth-order valence-corrected chi connectivity index (χ4v) is 4.18. The summed E-state index contributed by atoms with van der Waals surface area (Å²) in [5.74, 6) is 1.90. The Morgan fingerprint density at radius 2 is 2.15 bits per heavy atom. The van der Waals surface area contributed by atoms with Gasteiger partial charge in [-0.2, -0.15) is 11.8 Å². The number of rotatable bonds is 3. The van der Waals surface area contributed by atoms with Crippen molar-refractivity contribution in [2.45, 2.75) is 19.4 Å². The van der Waals surface area contributed by atoms with Crippen molar-refractivity contribution in [1.29, 1.82) is 0 Å².